The molecule has 3 aromatic carbocycles. The number of hydrogen-bond acceptors (Lipinski definition) is 7. The van der Waals surface area contributed by atoms with Crippen molar-refractivity contribution in [1.82, 2.24) is 0 Å². The van der Waals surface area contributed by atoms with Crippen LogP contribution in [-0.4, -0.2) is 31.0 Å². The summed E-state index contributed by atoms with van der Waals surface area (Å²) < 4.78 is 15.4. The van der Waals surface area contributed by atoms with Crippen molar-refractivity contribution in [2.45, 2.75) is 6.61 Å². The number of methoxy groups -OCH3 is 2. The van der Waals surface area contributed by atoms with Crippen LogP contribution in [0.25, 0.3) is 0 Å². The van der Waals surface area contributed by atoms with Gasteiger partial charge in [-0.15, -0.1) is 0 Å². The minimum atomic E-state index is -0.886. The first-order chi connectivity index (χ1) is 15.4. The Kier molecular flexibility index (Phi) is 7.02. The van der Waals surface area contributed by atoms with Gasteiger partial charge in [-0.2, -0.15) is 0 Å². The molecule has 0 aromatic heterocycles. The van der Waals surface area contributed by atoms with Crippen molar-refractivity contribution in [2.75, 3.05) is 19.5 Å². The molecule has 0 spiro atoms. The maximum Gasteiger partial charge on any atom is 0.345 e. The van der Waals surface area contributed by atoms with Crippen LogP contribution in [-0.2, 0) is 11.3 Å². The number of nitrogens with one attached hydrogen (secondary N) is 1. The molecule has 0 saturated heterocycles. The number of ether oxygens (including phenoxy) is 3. The van der Waals surface area contributed by atoms with Crippen LogP contribution < -0.4 is 14.8 Å². The molecular weight excluding hydrogens is 416 g/mol. The number of anilines is 1. The van der Waals surface area contributed by atoms with Gasteiger partial charge in [0.2, 0.25) is 0 Å². The third-order valence-electron chi connectivity index (χ3n) is 4.54. The Bertz CT molecular complexity index is 1130. The molecule has 0 heterocycles. The topological polar surface area (TPSA) is 117 Å². The van der Waals surface area contributed by atoms with E-state index < -0.39 is 16.6 Å². The van der Waals surface area contributed by atoms with E-state index >= 15 is 0 Å². The second-order valence-corrected chi connectivity index (χ2v) is 6.57. The van der Waals surface area contributed by atoms with Crippen LogP contribution in [0.3, 0.4) is 0 Å². The highest BCUT2D eigenvalue weighted by atomic mass is 16.6. The van der Waals surface area contributed by atoms with Crippen LogP contribution in [0.5, 0.6) is 11.5 Å². The van der Waals surface area contributed by atoms with Crippen molar-refractivity contribution in [3.8, 4) is 11.5 Å². The van der Waals surface area contributed by atoms with Crippen LogP contribution in [0.15, 0.2) is 66.7 Å². The smallest absolute Gasteiger partial charge is 0.345 e. The highest BCUT2D eigenvalue weighted by molar-refractivity contribution is 6.04. The van der Waals surface area contributed by atoms with Gasteiger partial charge in [0.15, 0.2) is 11.5 Å². The Labute approximate surface area is 183 Å². The van der Waals surface area contributed by atoms with E-state index in [1.54, 1.807) is 36.4 Å². The predicted molar refractivity (Wildman–Crippen MR) is 116 cm³/mol. The van der Waals surface area contributed by atoms with Crippen molar-refractivity contribution in [3.05, 3.63) is 93.5 Å². The van der Waals surface area contributed by atoms with Crippen LogP contribution in [0.2, 0.25) is 0 Å². The fourth-order valence-electron chi connectivity index (χ4n) is 2.89. The number of amides is 1. The summed E-state index contributed by atoms with van der Waals surface area (Å²) in [4.78, 5) is 35.5. The van der Waals surface area contributed by atoms with Gasteiger partial charge in [-0.1, -0.05) is 30.3 Å². The molecule has 32 heavy (non-hydrogen) atoms. The van der Waals surface area contributed by atoms with Crippen molar-refractivity contribution < 1.29 is 28.7 Å². The Morgan fingerprint density at radius 1 is 0.938 bits per heavy atom. The van der Waals surface area contributed by atoms with Crippen LogP contribution in [0.1, 0.15) is 26.3 Å². The first-order valence-corrected chi connectivity index (χ1v) is 9.45. The highest BCUT2D eigenvalue weighted by Gasteiger charge is 2.25. The molecule has 0 fully saturated rings. The molecule has 3 rings (SSSR count). The highest BCUT2D eigenvalue weighted by Crippen LogP contribution is 2.34. The minimum absolute atomic E-state index is 0.125. The molecule has 3 aromatic rings. The Hall–Kier alpha value is -4.40. The summed E-state index contributed by atoms with van der Waals surface area (Å²) in [5.74, 6) is -0.872. The van der Waals surface area contributed by atoms with E-state index in [0.29, 0.717) is 16.8 Å². The Balaban J connectivity index is 1.68. The minimum Gasteiger partial charge on any atom is -0.493 e. The average molecular weight is 436 g/mol. The molecule has 0 radical (unpaired) electrons. The maximum atomic E-state index is 12.5. The van der Waals surface area contributed by atoms with Gasteiger partial charge < -0.3 is 19.5 Å². The van der Waals surface area contributed by atoms with E-state index in [1.165, 1.54) is 20.3 Å². The summed E-state index contributed by atoms with van der Waals surface area (Å²) in [5.41, 5.74) is 0.997. The number of nitro benzene ring substituents is 1. The molecule has 0 unspecified atom stereocenters. The van der Waals surface area contributed by atoms with Crippen molar-refractivity contribution in [2.24, 2.45) is 0 Å². The third-order valence-corrected chi connectivity index (χ3v) is 4.54. The van der Waals surface area contributed by atoms with Crippen molar-refractivity contribution in [1.29, 1.82) is 0 Å². The standard InChI is InChI=1S/C23H20N2O7/c1-30-20-12-18(19(25(28)29)13-21(20)31-2)23(27)32-14-15-8-10-16(11-9-15)22(26)24-17-6-4-3-5-7-17/h3-13H,14H2,1-2H3,(H,24,26). The van der Waals surface area contributed by atoms with Crippen molar-refractivity contribution in [3.63, 3.8) is 0 Å². The van der Waals surface area contributed by atoms with Crippen LogP contribution in [0.4, 0.5) is 11.4 Å². The fourth-order valence-corrected chi connectivity index (χ4v) is 2.89. The van der Waals surface area contributed by atoms with E-state index in [4.69, 9.17) is 14.2 Å². The number of nitrogens with zero attached hydrogens (tertiary/aromatic N) is 1. The zero-order chi connectivity index (χ0) is 23.1. The second kappa shape index (κ2) is 10.1. The largest absolute Gasteiger partial charge is 0.493 e. The molecule has 1 N–H and O–H groups in total. The SMILES string of the molecule is COc1cc(C(=O)OCc2ccc(C(=O)Nc3ccccc3)cc2)c([N+](=O)[O-])cc1OC. The number of para-hydroxylation sites is 1. The molecular formula is C23H20N2O7. The quantitative estimate of drug-likeness (QED) is 0.319. The summed E-state index contributed by atoms with van der Waals surface area (Å²) in [6, 6.07) is 17.8. The van der Waals surface area contributed by atoms with Gasteiger partial charge in [0, 0.05) is 17.3 Å². The molecule has 0 aliphatic rings. The van der Waals surface area contributed by atoms with E-state index in [0.717, 1.165) is 6.07 Å². The summed E-state index contributed by atoms with van der Waals surface area (Å²) in [5, 5.41) is 14.1. The van der Waals surface area contributed by atoms with E-state index in [2.05, 4.69) is 5.32 Å². The van der Waals surface area contributed by atoms with Gasteiger partial charge in [0.1, 0.15) is 12.2 Å². The molecule has 164 valence electrons. The molecule has 0 saturated carbocycles. The van der Waals surface area contributed by atoms with Gasteiger partial charge in [-0.05, 0) is 29.8 Å². The molecule has 0 aliphatic carbocycles. The van der Waals surface area contributed by atoms with Gasteiger partial charge in [0.05, 0.1) is 25.2 Å². The van der Waals surface area contributed by atoms with E-state index in [9.17, 15) is 19.7 Å². The number of rotatable bonds is 8. The summed E-state index contributed by atoms with van der Waals surface area (Å²) in [6.45, 7) is -0.134. The lowest BCUT2D eigenvalue weighted by molar-refractivity contribution is -0.385. The fraction of sp³-hybridized carbons (Fsp3) is 0.130. The van der Waals surface area contributed by atoms with Crippen molar-refractivity contribution >= 4 is 23.3 Å². The lowest BCUT2D eigenvalue weighted by Gasteiger charge is -2.11. The number of benzene rings is 3. The van der Waals surface area contributed by atoms with E-state index in [-0.39, 0.29) is 29.6 Å². The maximum absolute atomic E-state index is 12.5. The number of nitro groups is 1. The van der Waals surface area contributed by atoms with Gasteiger partial charge in [-0.3, -0.25) is 14.9 Å². The molecule has 0 bridgehead atoms. The zero-order valence-electron chi connectivity index (χ0n) is 17.4. The first kappa shape index (κ1) is 22.3. The molecule has 9 heteroatoms. The van der Waals surface area contributed by atoms with E-state index in [1.807, 2.05) is 18.2 Å². The monoisotopic (exact) mass is 436 g/mol. The number of carbonyl (C=O) groups is 2. The lowest BCUT2D eigenvalue weighted by Crippen LogP contribution is -2.12. The van der Waals surface area contributed by atoms with Gasteiger partial charge in [-0.25, -0.2) is 4.79 Å². The number of hydrogen-bond donors (Lipinski definition) is 1. The summed E-state index contributed by atoms with van der Waals surface area (Å²) in [6.07, 6.45) is 0. The Morgan fingerprint density at radius 3 is 2.16 bits per heavy atom. The molecule has 0 aliphatic heterocycles. The summed E-state index contributed by atoms with van der Waals surface area (Å²) in [7, 11) is 2.69. The molecule has 1 amide bonds. The third kappa shape index (κ3) is 5.20. The summed E-state index contributed by atoms with van der Waals surface area (Å²) >= 11 is 0. The molecule has 0 atom stereocenters. The number of esters is 1. The predicted octanol–water partition coefficient (Wildman–Crippen LogP) is 4.22. The number of carbonyl (C=O) groups excluding carboxylic acids is 2. The zero-order valence-corrected chi connectivity index (χ0v) is 17.4. The van der Waals surface area contributed by atoms with Gasteiger partial charge >= 0.3 is 5.97 Å². The van der Waals surface area contributed by atoms with Crippen LogP contribution in [0, 0.1) is 10.1 Å². The first-order valence-electron chi connectivity index (χ1n) is 9.45. The molecule has 9 nitrogen and oxygen atoms in total. The van der Waals surface area contributed by atoms with Crippen LogP contribution >= 0.6 is 0 Å². The Morgan fingerprint density at radius 2 is 1.56 bits per heavy atom. The normalized spacial score (nSPS) is 10.2. The average Bonchev–Trinajstić information content (AvgIpc) is 2.82. The van der Waals surface area contributed by atoms with Gasteiger partial charge in [0.25, 0.3) is 11.6 Å². The lowest BCUT2D eigenvalue weighted by atomic mass is 10.1. The second-order valence-electron chi connectivity index (χ2n) is 6.57.